The number of hydrogen-bond donors (Lipinski definition) is 2. The number of hydrogen-bond acceptors (Lipinski definition) is 6. The fourth-order valence-electron chi connectivity index (χ4n) is 0.801. The minimum atomic E-state index is -1.25. The molecule has 88 valence electrons. The maximum absolute atomic E-state index is 11.0. The van der Waals surface area contributed by atoms with E-state index in [-0.39, 0.29) is 19.4 Å². The molecule has 0 fully saturated rings. The Balaban J connectivity index is 3.58. The molecule has 1 atom stereocenters. The molecule has 0 amide bonds. The second-order valence-electron chi connectivity index (χ2n) is 2.94. The molecule has 0 spiro atoms. The molecule has 0 saturated heterocycles. The van der Waals surface area contributed by atoms with E-state index in [1.165, 1.54) is 0 Å². The number of carbonyl (C=O) groups is 2. The largest absolute Gasteiger partial charge is 0.428 e. The number of aliphatic hydroxyl groups is 1. The normalized spacial score (nSPS) is 11.9. The summed E-state index contributed by atoms with van der Waals surface area (Å²) in [4.78, 5) is 21.8. The second-order valence-corrected chi connectivity index (χ2v) is 2.94. The van der Waals surface area contributed by atoms with Crippen LogP contribution in [-0.4, -0.2) is 36.5 Å². The molecule has 0 aliphatic heterocycles. The molecule has 6 heteroatoms. The van der Waals surface area contributed by atoms with E-state index in [0.29, 0.717) is 6.42 Å². The van der Waals surface area contributed by atoms with Crippen LogP contribution in [0.5, 0.6) is 0 Å². The first-order valence-corrected chi connectivity index (χ1v) is 4.82. The van der Waals surface area contributed by atoms with Crippen LogP contribution in [0.25, 0.3) is 0 Å². The number of aliphatic hydroxyl groups excluding tert-OH is 1. The summed E-state index contributed by atoms with van der Waals surface area (Å²) in [6.45, 7) is 1.56. The average molecular weight is 219 g/mol. The van der Waals surface area contributed by atoms with Crippen molar-refractivity contribution in [1.29, 1.82) is 0 Å². The Morgan fingerprint density at radius 2 is 2.07 bits per heavy atom. The Bertz CT molecular complexity index is 207. The van der Waals surface area contributed by atoms with Crippen molar-refractivity contribution in [3.8, 4) is 0 Å². The summed E-state index contributed by atoms with van der Waals surface area (Å²) in [6, 6.07) is 0. The van der Waals surface area contributed by atoms with E-state index in [2.05, 4.69) is 9.47 Å². The van der Waals surface area contributed by atoms with E-state index in [9.17, 15) is 9.59 Å². The maximum Gasteiger partial charge on any atom is 0.337 e. The molecular formula is C9H17NO5. The third kappa shape index (κ3) is 6.87. The van der Waals surface area contributed by atoms with Crippen molar-refractivity contribution >= 4 is 11.9 Å². The smallest absolute Gasteiger partial charge is 0.337 e. The molecule has 0 heterocycles. The topological polar surface area (TPSA) is 98.8 Å². The Morgan fingerprint density at radius 1 is 1.40 bits per heavy atom. The van der Waals surface area contributed by atoms with Gasteiger partial charge >= 0.3 is 11.9 Å². The van der Waals surface area contributed by atoms with E-state index in [1.54, 1.807) is 0 Å². The standard InChI is InChI=1S/C9H17NO5/c1-2-3-8(12)14-6-15-9(13)7(11)4-5-10/h7,11H,2-6,10H2,1H3. The van der Waals surface area contributed by atoms with Gasteiger partial charge in [-0.1, -0.05) is 6.92 Å². The molecule has 0 aromatic carbocycles. The lowest BCUT2D eigenvalue weighted by atomic mass is 10.2. The van der Waals surface area contributed by atoms with Crippen LogP contribution in [0.15, 0.2) is 0 Å². The van der Waals surface area contributed by atoms with E-state index >= 15 is 0 Å². The van der Waals surface area contributed by atoms with Gasteiger partial charge in [-0.05, 0) is 19.4 Å². The van der Waals surface area contributed by atoms with Crippen molar-refractivity contribution in [2.24, 2.45) is 5.73 Å². The molecule has 0 rings (SSSR count). The van der Waals surface area contributed by atoms with Gasteiger partial charge in [0.25, 0.3) is 0 Å². The summed E-state index contributed by atoms with van der Waals surface area (Å²) < 4.78 is 9.04. The molecule has 0 radical (unpaired) electrons. The summed E-state index contributed by atoms with van der Waals surface area (Å²) in [5, 5.41) is 9.09. The van der Waals surface area contributed by atoms with Crippen molar-refractivity contribution in [2.75, 3.05) is 13.3 Å². The van der Waals surface area contributed by atoms with Crippen LogP contribution < -0.4 is 5.73 Å². The van der Waals surface area contributed by atoms with Gasteiger partial charge in [0, 0.05) is 6.42 Å². The molecule has 0 saturated carbocycles. The highest BCUT2D eigenvalue weighted by molar-refractivity contribution is 5.74. The van der Waals surface area contributed by atoms with Gasteiger partial charge in [0.2, 0.25) is 6.79 Å². The highest BCUT2D eigenvalue weighted by Gasteiger charge is 2.15. The molecule has 0 aliphatic rings. The van der Waals surface area contributed by atoms with Crippen LogP contribution in [0.2, 0.25) is 0 Å². The Labute approximate surface area is 88.3 Å². The molecule has 0 aromatic heterocycles. The molecule has 0 bridgehead atoms. The Kier molecular flexibility index (Phi) is 7.57. The lowest BCUT2D eigenvalue weighted by molar-refractivity contribution is -0.173. The predicted octanol–water partition coefficient (Wildman–Crippen LogP) is -0.460. The van der Waals surface area contributed by atoms with Crippen LogP contribution in [0, 0.1) is 0 Å². The van der Waals surface area contributed by atoms with Crippen molar-refractivity contribution in [3.05, 3.63) is 0 Å². The predicted molar refractivity (Wildman–Crippen MR) is 51.6 cm³/mol. The van der Waals surface area contributed by atoms with Gasteiger partial charge in [-0.15, -0.1) is 0 Å². The molecule has 6 nitrogen and oxygen atoms in total. The first-order chi connectivity index (χ1) is 7.11. The number of esters is 2. The third-order valence-corrected chi connectivity index (χ3v) is 1.59. The minimum Gasteiger partial charge on any atom is -0.428 e. The fraction of sp³-hybridized carbons (Fsp3) is 0.778. The fourth-order valence-corrected chi connectivity index (χ4v) is 0.801. The Hall–Kier alpha value is -1.14. The first kappa shape index (κ1) is 13.9. The number of ether oxygens (including phenoxy) is 2. The van der Waals surface area contributed by atoms with E-state index < -0.39 is 24.8 Å². The van der Waals surface area contributed by atoms with Gasteiger partial charge < -0.3 is 20.3 Å². The zero-order valence-corrected chi connectivity index (χ0v) is 8.77. The van der Waals surface area contributed by atoms with Gasteiger partial charge in [-0.2, -0.15) is 0 Å². The first-order valence-electron chi connectivity index (χ1n) is 4.82. The molecule has 0 aliphatic carbocycles. The summed E-state index contributed by atoms with van der Waals surface area (Å²) >= 11 is 0. The van der Waals surface area contributed by atoms with E-state index in [1.807, 2.05) is 6.92 Å². The van der Waals surface area contributed by atoms with Gasteiger partial charge in [-0.3, -0.25) is 4.79 Å². The minimum absolute atomic E-state index is 0.127. The second kappa shape index (κ2) is 8.19. The average Bonchev–Trinajstić information content (AvgIpc) is 2.18. The number of rotatable bonds is 7. The maximum atomic E-state index is 11.0. The lowest BCUT2D eigenvalue weighted by Gasteiger charge is -2.09. The van der Waals surface area contributed by atoms with Crippen molar-refractivity contribution < 1.29 is 24.2 Å². The van der Waals surface area contributed by atoms with Crippen molar-refractivity contribution in [1.82, 2.24) is 0 Å². The molecule has 15 heavy (non-hydrogen) atoms. The summed E-state index contributed by atoms with van der Waals surface area (Å²) in [5.74, 6) is -1.26. The van der Waals surface area contributed by atoms with Crippen molar-refractivity contribution in [2.45, 2.75) is 32.3 Å². The third-order valence-electron chi connectivity index (χ3n) is 1.59. The highest BCUT2D eigenvalue weighted by atomic mass is 16.7. The van der Waals surface area contributed by atoms with Crippen molar-refractivity contribution in [3.63, 3.8) is 0 Å². The monoisotopic (exact) mass is 219 g/mol. The summed E-state index contributed by atoms with van der Waals surface area (Å²) in [6.07, 6.45) is -0.174. The van der Waals surface area contributed by atoms with Gasteiger partial charge in [-0.25, -0.2) is 4.79 Å². The van der Waals surface area contributed by atoms with E-state index in [0.717, 1.165) is 0 Å². The van der Waals surface area contributed by atoms with Crippen LogP contribution in [0.3, 0.4) is 0 Å². The van der Waals surface area contributed by atoms with E-state index in [4.69, 9.17) is 10.8 Å². The zero-order chi connectivity index (χ0) is 11.7. The zero-order valence-electron chi connectivity index (χ0n) is 8.77. The number of carbonyl (C=O) groups excluding carboxylic acids is 2. The summed E-state index contributed by atoms with van der Waals surface area (Å²) in [5.41, 5.74) is 5.13. The molecule has 0 aromatic rings. The SMILES string of the molecule is CCCC(=O)OCOC(=O)C(O)CCN. The van der Waals surface area contributed by atoms with Crippen LogP contribution in [-0.2, 0) is 19.1 Å². The summed E-state index contributed by atoms with van der Waals surface area (Å²) in [7, 11) is 0. The number of nitrogens with two attached hydrogens (primary N) is 1. The highest BCUT2D eigenvalue weighted by Crippen LogP contribution is 1.95. The van der Waals surface area contributed by atoms with Gasteiger partial charge in [0.15, 0.2) is 6.10 Å². The molecule has 3 N–H and O–H groups in total. The van der Waals surface area contributed by atoms with Crippen LogP contribution >= 0.6 is 0 Å². The quantitative estimate of drug-likeness (QED) is 0.444. The molecular weight excluding hydrogens is 202 g/mol. The molecule has 1 unspecified atom stereocenters. The van der Waals surface area contributed by atoms with Crippen LogP contribution in [0.4, 0.5) is 0 Å². The van der Waals surface area contributed by atoms with Crippen LogP contribution in [0.1, 0.15) is 26.2 Å². The van der Waals surface area contributed by atoms with Gasteiger partial charge in [0.1, 0.15) is 0 Å². The van der Waals surface area contributed by atoms with Gasteiger partial charge in [0.05, 0.1) is 0 Å². The Morgan fingerprint density at radius 3 is 2.60 bits per heavy atom. The lowest BCUT2D eigenvalue weighted by Crippen LogP contribution is -2.27.